The van der Waals surface area contributed by atoms with Crippen molar-refractivity contribution < 1.29 is 4.42 Å². The zero-order chi connectivity index (χ0) is 18.9. The van der Waals surface area contributed by atoms with E-state index in [9.17, 15) is 0 Å². The molecule has 0 aromatic carbocycles. The number of nitrogens with zero attached hydrogens (tertiary/aromatic N) is 3. The maximum absolute atomic E-state index is 5.68. The molecule has 2 N–H and O–H groups in total. The molecule has 6 nitrogen and oxygen atoms in total. The molecule has 0 radical (unpaired) electrons. The third-order valence-corrected chi connectivity index (χ3v) is 5.94. The van der Waals surface area contributed by atoms with Gasteiger partial charge in [0.05, 0.1) is 17.3 Å². The molecule has 0 aliphatic carbocycles. The van der Waals surface area contributed by atoms with Gasteiger partial charge in [-0.25, -0.2) is 4.98 Å². The zero-order valence-corrected chi connectivity index (χ0v) is 17.2. The Kier molecular flexibility index (Phi) is 7.71. The highest BCUT2D eigenvalue weighted by Crippen LogP contribution is 2.24. The van der Waals surface area contributed by atoms with Crippen LogP contribution in [-0.2, 0) is 6.42 Å². The van der Waals surface area contributed by atoms with Gasteiger partial charge in [0.2, 0.25) is 0 Å². The molecule has 3 rings (SSSR count). The normalized spacial score (nSPS) is 16.6. The molecule has 0 saturated carbocycles. The van der Waals surface area contributed by atoms with E-state index >= 15 is 0 Å². The van der Waals surface area contributed by atoms with Gasteiger partial charge in [0.25, 0.3) is 0 Å². The van der Waals surface area contributed by atoms with Crippen LogP contribution in [0.4, 0.5) is 0 Å². The number of guanidine groups is 1. The van der Waals surface area contributed by atoms with Crippen LogP contribution in [0.3, 0.4) is 0 Å². The van der Waals surface area contributed by atoms with Crippen LogP contribution in [0.5, 0.6) is 0 Å². The molecule has 1 fully saturated rings. The van der Waals surface area contributed by atoms with Crippen LogP contribution in [0, 0.1) is 6.92 Å². The van der Waals surface area contributed by atoms with Crippen molar-refractivity contribution >= 4 is 17.3 Å². The summed E-state index contributed by atoms with van der Waals surface area (Å²) >= 11 is 1.76. The number of furan rings is 1. The fraction of sp³-hybridized carbons (Fsp3) is 0.600. The first-order valence-corrected chi connectivity index (χ1v) is 10.8. The maximum atomic E-state index is 5.68. The minimum atomic E-state index is 0.259. The third kappa shape index (κ3) is 6.07. The Morgan fingerprint density at radius 2 is 2.19 bits per heavy atom. The Hall–Kier alpha value is -1.86. The van der Waals surface area contributed by atoms with E-state index in [0.717, 1.165) is 62.9 Å². The second-order valence-electron chi connectivity index (χ2n) is 6.99. The number of aliphatic imine (C=N–C) groups is 1. The van der Waals surface area contributed by atoms with Gasteiger partial charge in [0, 0.05) is 31.2 Å². The first kappa shape index (κ1) is 19.9. The summed E-state index contributed by atoms with van der Waals surface area (Å²) in [6.45, 7) is 6.03. The molecule has 27 heavy (non-hydrogen) atoms. The van der Waals surface area contributed by atoms with Crippen LogP contribution in [0.25, 0.3) is 0 Å². The van der Waals surface area contributed by atoms with Crippen LogP contribution in [-0.4, -0.2) is 49.1 Å². The summed E-state index contributed by atoms with van der Waals surface area (Å²) in [6.07, 6.45) is 7.59. The molecule has 1 aliphatic rings. The van der Waals surface area contributed by atoms with E-state index in [0.29, 0.717) is 0 Å². The summed E-state index contributed by atoms with van der Waals surface area (Å²) in [5.41, 5.74) is 1.13. The van der Waals surface area contributed by atoms with Crippen molar-refractivity contribution in [3.63, 3.8) is 0 Å². The molecule has 3 heterocycles. The largest absolute Gasteiger partial charge is 0.468 e. The average molecular weight is 390 g/mol. The number of rotatable bonds is 9. The zero-order valence-electron chi connectivity index (χ0n) is 16.4. The predicted molar refractivity (Wildman–Crippen MR) is 111 cm³/mol. The molecule has 1 saturated heterocycles. The van der Waals surface area contributed by atoms with Gasteiger partial charge < -0.3 is 15.1 Å². The first-order chi connectivity index (χ1) is 13.3. The Morgan fingerprint density at radius 3 is 2.85 bits per heavy atom. The van der Waals surface area contributed by atoms with Crippen LogP contribution in [0.2, 0.25) is 0 Å². The van der Waals surface area contributed by atoms with Gasteiger partial charge in [0.15, 0.2) is 5.96 Å². The van der Waals surface area contributed by atoms with Crippen molar-refractivity contribution in [2.45, 2.75) is 45.1 Å². The van der Waals surface area contributed by atoms with Gasteiger partial charge in [-0.2, -0.15) is 0 Å². The number of unbranched alkanes of at least 4 members (excludes halogenated alkanes) is 1. The summed E-state index contributed by atoms with van der Waals surface area (Å²) in [5.74, 6) is 1.88. The number of thiazole rings is 1. The first-order valence-electron chi connectivity index (χ1n) is 9.89. The Morgan fingerprint density at radius 1 is 1.33 bits per heavy atom. The highest BCUT2D eigenvalue weighted by molar-refractivity contribution is 7.09. The standard InChI is InChI=1S/C20H31N5OS/c1-16-15-27-19(24-16)9-3-4-10-22-20(21-2)23-14-17(18-8-7-13-26-18)25-11-5-6-12-25/h7-8,13,15,17H,3-6,9-12,14H2,1-2H3,(H2,21,22,23). The van der Waals surface area contributed by atoms with E-state index in [1.54, 1.807) is 17.6 Å². The van der Waals surface area contributed by atoms with Crippen molar-refractivity contribution in [2.75, 3.05) is 33.2 Å². The molecule has 1 unspecified atom stereocenters. The van der Waals surface area contributed by atoms with Gasteiger partial charge in [-0.05, 0) is 64.3 Å². The van der Waals surface area contributed by atoms with Crippen molar-refractivity contribution in [3.05, 3.63) is 40.2 Å². The predicted octanol–water partition coefficient (Wildman–Crippen LogP) is 3.37. The number of nitrogens with one attached hydrogen (secondary N) is 2. The number of aryl methyl sites for hydroxylation is 2. The van der Waals surface area contributed by atoms with Gasteiger partial charge in [-0.1, -0.05) is 0 Å². The van der Waals surface area contributed by atoms with Crippen molar-refractivity contribution in [1.82, 2.24) is 20.5 Å². The number of hydrogen-bond donors (Lipinski definition) is 2. The fourth-order valence-electron chi connectivity index (χ4n) is 3.48. The summed E-state index contributed by atoms with van der Waals surface area (Å²) in [7, 11) is 1.82. The lowest BCUT2D eigenvalue weighted by Gasteiger charge is -2.26. The molecule has 1 atom stereocenters. The molecule has 7 heteroatoms. The quantitative estimate of drug-likeness (QED) is 0.391. The van der Waals surface area contributed by atoms with E-state index in [1.807, 2.05) is 13.1 Å². The number of aromatic nitrogens is 1. The highest BCUT2D eigenvalue weighted by Gasteiger charge is 2.25. The lowest BCUT2D eigenvalue weighted by atomic mass is 10.2. The minimum absolute atomic E-state index is 0.259. The van der Waals surface area contributed by atoms with Gasteiger partial charge in [0.1, 0.15) is 5.76 Å². The van der Waals surface area contributed by atoms with Crippen molar-refractivity contribution in [3.8, 4) is 0 Å². The third-order valence-electron chi connectivity index (χ3n) is 4.92. The Labute approximate surface area is 166 Å². The molecular formula is C20H31N5OS. The average Bonchev–Trinajstić information content (AvgIpc) is 3.43. The smallest absolute Gasteiger partial charge is 0.191 e. The molecule has 1 aliphatic heterocycles. The number of likely N-dealkylation sites (tertiary alicyclic amines) is 1. The van der Waals surface area contributed by atoms with Gasteiger partial charge in [-0.3, -0.25) is 9.89 Å². The second kappa shape index (κ2) is 10.5. The van der Waals surface area contributed by atoms with Crippen LogP contribution in [0.1, 0.15) is 48.2 Å². The lowest BCUT2D eigenvalue weighted by molar-refractivity contribution is 0.215. The maximum Gasteiger partial charge on any atom is 0.191 e. The summed E-state index contributed by atoms with van der Waals surface area (Å²) < 4.78 is 5.68. The SMILES string of the molecule is CN=C(NCCCCc1nc(C)cs1)NCC(c1ccco1)N1CCCC1. The Balaban J connectivity index is 1.39. The topological polar surface area (TPSA) is 65.7 Å². The molecule has 0 amide bonds. The van der Waals surface area contributed by atoms with Crippen molar-refractivity contribution in [2.24, 2.45) is 4.99 Å². The second-order valence-corrected chi connectivity index (χ2v) is 7.94. The molecule has 2 aromatic rings. The minimum Gasteiger partial charge on any atom is -0.468 e. The molecule has 0 spiro atoms. The highest BCUT2D eigenvalue weighted by atomic mass is 32.1. The van der Waals surface area contributed by atoms with Crippen LogP contribution in [0.15, 0.2) is 33.2 Å². The summed E-state index contributed by atoms with van der Waals surface area (Å²) in [5, 5.41) is 10.3. The molecular weight excluding hydrogens is 358 g/mol. The van der Waals surface area contributed by atoms with E-state index in [-0.39, 0.29) is 6.04 Å². The molecule has 148 valence electrons. The number of hydrogen-bond acceptors (Lipinski definition) is 5. The monoisotopic (exact) mass is 389 g/mol. The Bertz CT molecular complexity index is 691. The van der Waals surface area contributed by atoms with Crippen LogP contribution >= 0.6 is 11.3 Å². The summed E-state index contributed by atoms with van der Waals surface area (Å²) in [6, 6.07) is 4.30. The molecule has 0 bridgehead atoms. The van der Waals surface area contributed by atoms with E-state index < -0.39 is 0 Å². The van der Waals surface area contributed by atoms with Crippen LogP contribution < -0.4 is 10.6 Å². The molecule has 2 aromatic heterocycles. The lowest BCUT2D eigenvalue weighted by Crippen LogP contribution is -2.42. The van der Waals surface area contributed by atoms with Gasteiger partial charge >= 0.3 is 0 Å². The van der Waals surface area contributed by atoms with E-state index in [1.165, 1.54) is 17.8 Å². The van der Waals surface area contributed by atoms with E-state index in [2.05, 4.69) is 43.9 Å². The van der Waals surface area contributed by atoms with E-state index in [4.69, 9.17) is 4.42 Å². The van der Waals surface area contributed by atoms with Gasteiger partial charge in [-0.15, -0.1) is 11.3 Å². The summed E-state index contributed by atoms with van der Waals surface area (Å²) in [4.78, 5) is 11.4. The van der Waals surface area contributed by atoms with Crippen molar-refractivity contribution in [1.29, 1.82) is 0 Å². The fourth-order valence-corrected chi connectivity index (χ4v) is 4.30.